The third-order valence-electron chi connectivity index (χ3n) is 3.23. The average Bonchev–Trinajstić information content (AvgIpc) is 2.28. The highest BCUT2D eigenvalue weighted by Gasteiger charge is 2.16. The van der Waals surface area contributed by atoms with Gasteiger partial charge in [0, 0.05) is 6.04 Å². The molecule has 1 N–H and O–H groups in total. The Kier molecular flexibility index (Phi) is 5.21. The molecule has 0 saturated heterocycles. The predicted molar refractivity (Wildman–Crippen MR) is 78.5 cm³/mol. The molecule has 102 valence electrons. The lowest BCUT2D eigenvalue weighted by atomic mass is 9.85. The molecule has 1 aromatic carbocycles. The van der Waals surface area contributed by atoms with Gasteiger partial charge in [-0.2, -0.15) is 0 Å². The van der Waals surface area contributed by atoms with Crippen molar-refractivity contribution in [3.63, 3.8) is 0 Å². The molecule has 0 bridgehead atoms. The average molecular weight is 249 g/mol. The Labute approximate surface area is 112 Å². The number of hydrogen-bond donors (Lipinski definition) is 1. The fourth-order valence-electron chi connectivity index (χ4n) is 2.16. The zero-order valence-electron chi connectivity index (χ0n) is 12.6. The summed E-state index contributed by atoms with van der Waals surface area (Å²) in [5.74, 6) is 0.993. The quantitative estimate of drug-likeness (QED) is 0.862. The van der Waals surface area contributed by atoms with Gasteiger partial charge >= 0.3 is 0 Å². The molecule has 0 radical (unpaired) electrons. The van der Waals surface area contributed by atoms with Crippen molar-refractivity contribution in [2.24, 2.45) is 0 Å². The molecule has 1 aromatic rings. The Morgan fingerprint density at radius 3 is 2.44 bits per heavy atom. The predicted octanol–water partition coefficient (Wildman–Crippen LogP) is 3.53. The first kappa shape index (κ1) is 15.0. The van der Waals surface area contributed by atoms with E-state index in [1.165, 1.54) is 11.1 Å². The fraction of sp³-hybridized carbons (Fsp3) is 0.625. The second kappa shape index (κ2) is 6.24. The molecule has 0 spiro atoms. The van der Waals surface area contributed by atoms with Gasteiger partial charge in [-0.15, -0.1) is 0 Å². The summed E-state index contributed by atoms with van der Waals surface area (Å²) in [5, 5.41) is 3.45. The van der Waals surface area contributed by atoms with E-state index >= 15 is 0 Å². The van der Waals surface area contributed by atoms with E-state index < -0.39 is 0 Å². The van der Waals surface area contributed by atoms with Crippen LogP contribution >= 0.6 is 0 Å². The van der Waals surface area contributed by atoms with Gasteiger partial charge in [-0.1, -0.05) is 39.8 Å². The molecule has 1 atom stereocenters. The molecule has 2 nitrogen and oxygen atoms in total. The standard InChI is InChI=1S/C16H27NO/c1-7-17-12(2)10-13-11-14(16(3,4)5)8-9-15(13)18-6/h8-9,11-12,17H,7,10H2,1-6H3. The fourth-order valence-corrected chi connectivity index (χ4v) is 2.16. The number of hydrogen-bond acceptors (Lipinski definition) is 2. The largest absolute Gasteiger partial charge is 0.496 e. The minimum absolute atomic E-state index is 0.183. The first-order chi connectivity index (χ1) is 8.38. The summed E-state index contributed by atoms with van der Waals surface area (Å²) in [6, 6.07) is 7.01. The van der Waals surface area contributed by atoms with Crippen LogP contribution in [0.5, 0.6) is 5.75 Å². The smallest absolute Gasteiger partial charge is 0.122 e. The van der Waals surface area contributed by atoms with Gasteiger partial charge in [-0.05, 0) is 42.5 Å². The molecular weight excluding hydrogens is 222 g/mol. The van der Waals surface area contributed by atoms with Crippen LogP contribution in [0.3, 0.4) is 0 Å². The zero-order valence-corrected chi connectivity index (χ0v) is 12.6. The van der Waals surface area contributed by atoms with Crippen molar-refractivity contribution in [3.8, 4) is 5.75 Å². The van der Waals surface area contributed by atoms with Gasteiger partial charge in [0.25, 0.3) is 0 Å². The molecule has 0 aliphatic carbocycles. The zero-order chi connectivity index (χ0) is 13.8. The minimum atomic E-state index is 0.183. The Balaban J connectivity index is 2.99. The van der Waals surface area contributed by atoms with Crippen molar-refractivity contribution in [2.45, 2.75) is 52.5 Å². The van der Waals surface area contributed by atoms with Gasteiger partial charge in [0.15, 0.2) is 0 Å². The lowest BCUT2D eigenvalue weighted by Gasteiger charge is -2.22. The molecular formula is C16H27NO. The molecule has 2 heteroatoms. The second-order valence-corrected chi connectivity index (χ2v) is 5.94. The summed E-state index contributed by atoms with van der Waals surface area (Å²) >= 11 is 0. The lowest BCUT2D eigenvalue weighted by Crippen LogP contribution is -2.28. The summed E-state index contributed by atoms with van der Waals surface area (Å²) in [5.41, 5.74) is 2.84. The van der Waals surface area contributed by atoms with Crippen LogP contribution in [0, 0.1) is 0 Å². The molecule has 1 rings (SSSR count). The minimum Gasteiger partial charge on any atom is -0.496 e. The molecule has 0 amide bonds. The molecule has 0 aliphatic heterocycles. The summed E-state index contributed by atoms with van der Waals surface area (Å²) in [7, 11) is 1.74. The molecule has 18 heavy (non-hydrogen) atoms. The van der Waals surface area contributed by atoms with E-state index in [0.717, 1.165) is 18.7 Å². The van der Waals surface area contributed by atoms with Crippen molar-refractivity contribution in [2.75, 3.05) is 13.7 Å². The van der Waals surface area contributed by atoms with E-state index in [1.807, 2.05) is 0 Å². The summed E-state index contributed by atoms with van der Waals surface area (Å²) in [4.78, 5) is 0. The maximum Gasteiger partial charge on any atom is 0.122 e. The summed E-state index contributed by atoms with van der Waals surface area (Å²) in [6.45, 7) is 12.1. The molecule has 0 fully saturated rings. The molecule has 0 aliphatic rings. The van der Waals surface area contributed by atoms with E-state index in [-0.39, 0.29) is 5.41 Å². The molecule has 1 unspecified atom stereocenters. The van der Waals surface area contributed by atoms with Crippen molar-refractivity contribution in [1.29, 1.82) is 0 Å². The van der Waals surface area contributed by atoms with E-state index in [9.17, 15) is 0 Å². The normalized spacial score (nSPS) is 13.4. The maximum atomic E-state index is 5.46. The monoisotopic (exact) mass is 249 g/mol. The van der Waals surface area contributed by atoms with Crippen LogP contribution in [-0.4, -0.2) is 19.7 Å². The van der Waals surface area contributed by atoms with E-state index in [0.29, 0.717) is 6.04 Å². The third kappa shape index (κ3) is 4.02. The lowest BCUT2D eigenvalue weighted by molar-refractivity contribution is 0.405. The van der Waals surface area contributed by atoms with Crippen LogP contribution in [0.2, 0.25) is 0 Å². The van der Waals surface area contributed by atoms with Gasteiger partial charge in [-0.3, -0.25) is 0 Å². The number of likely N-dealkylation sites (N-methyl/N-ethyl adjacent to an activating group) is 1. The Morgan fingerprint density at radius 1 is 1.28 bits per heavy atom. The van der Waals surface area contributed by atoms with E-state index in [2.05, 4.69) is 58.1 Å². The van der Waals surface area contributed by atoms with Crippen molar-refractivity contribution < 1.29 is 4.74 Å². The number of methoxy groups -OCH3 is 1. The third-order valence-corrected chi connectivity index (χ3v) is 3.23. The van der Waals surface area contributed by atoms with Crippen molar-refractivity contribution in [1.82, 2.24) is 5.32 Å². The van der Waals surface area contributed by atoms with Crippen LogP contribution in [0.25, 0.3) is 0 Å². The van der Waals surface area contributed by atoms with E-state index in [1.54, 1.807) is 7.11 Å². The Hall–Kier alpha value is -1.02. The van der Waals surface area contributed by atoms with E-state index in [4.69, 9.17) is 4.74 Å². The highest BCUT2D eigenvalue weighted by atomic mass is 16.5. The molecule has 0 saturated carbocycles. The summed E-state index contributed by atoms with van der Waals surface area (Å²) in [6.07, 6.45) is 1.00. The highest BCUT2D eigenvalue weighted by Crippen LogP contribution is 2.28. The van der Waals surface area contributed by atoms with Gasteiger partial charge < -0.3 is 10.1 Å². The number of nitrogens with one attached hydrogen (secondary N) is 1. The van der Waals surface area contributed by atoms with Crippen molar-refractivity contribution >= 4 is 0 Å². The first-order valence-electron chi connectivity index (χ1n) is 6.79. The van der Waals surface area contributed by atoms with Crippen LogP contribution in [-0.2, 0) is 11.8 Å². The first-order valence-corrected chi connectivity index (χ1v) is 6.79. The Bertz CT molecular complexity index is 379. The van der Waals surface area contributed by atoms with Crippen molar-refractivity contribution in [3.05, 3.63) is 29.3 Å². The number of benzene rings is 1. The topological polar surface area (TPSA) is 21.3 Å². The van der Waals surface area contributed by atoms with Gasteiger partial charge in [0.05, 0.1) is 7.11 Å². The Morgan fingerprint density at radius 2 is 1.94 bits per heavy atom. The van der Waals surface area contributed by atoms with Gasteiger partial charge in [-0.25, -0.2) is 0 Å². The van der Waals surface area contributed by atoms with Gasteiger partial charge in [0.2, 0.25) is 0 Å². The van der Waals surface area contributed by atoms with Crippen LogP contribution in [0.15, 0.2) is 18.2 Å². The highest BCUT2D eigenvalue weighted by molar-refractivity contribution is 5.40. The number of rotatable bonds is 5. The van der Waals surface area contributed by atoms with Crippen LogP contribution in [0.1, 0.15) is 45.7 Å². The SMILES string of the molecule is CCNC(C)Cc1cc(C(C)(C)C)ccc1OC. The maximum absolute atomic E-state index is 5.46. The van der Waals surface area contributed by atoms with Crippen LogP contribution in [0.4, 0.5) is 0 Å². The molecule has 0 aromatic heterocycles. The number of ether oxygens (including phenoxy) is 1. The molecule has 0 heterocycles. The van der Waals surface area contributed by atoms with Crippen LogP contribution < -0.4 is 10.1 Å². The van der Waals surface area contributed by atoms with Gasteiger partial charge in [0.1, 0.15) is 5.75 Å². The second-order valence-electron chi connectivity index (χ2n) is 5.94. The summed E-state index contributed by atoms with van der Waals surface area (Å²) < 4.78 is 5.46.